The predicted molar refractivity (Wildman–Crippen MR) is 96.7 cm³/mol. The summed E-state index contributed by atoms with van der Waals surface area (Å²) in [6.45, 7) is 3.82. The number of nitrogens with one attached hydrogen (secondary N) is 1. The maximum absolute atomic E-state index is 12.8. The van der Waals surface area contributed by atoms with E-state index in [9.17, 15) is 9.59 Å². The number of carbonyl (C=O) groups excluding carboxylic acids is 1. The Labute approximate surface area is 145 Å². The number of hydrogen-bond acceptors (Lipinski definition) is 3. The van der Waals surface area contributed by atoms with E-state index in [1.54, 1.807) is 24.3 Å². The summed E-state index contributed by atoms with van der Waals surface area (Å²) in [7, 11) is 0. The molecule has 0 spiro atoms. The van der Waals surface area contributed by atoms with Gasteiger partial charge in [-0.05, 0) is 56.4 Å². The standard InChI is InChI=1S/C17H13BrN2O2S/c1-9-5-10(2)7-11(6-9)15(21)20-16(22)13-8-12(18)3-4-14(13)19-17(20)23/h3-8H,1-2H3,(H,19,23). The van der Waals surface area contributed by atoms with Crippen LogP contribution in [0.2, 0.25) is 0 Å². The van der Waals surface area contributed by atoms with Gasteiger partial charge in [0.25, 0.3) is 11.5 Å². The highest BCUT2D eigenvalue weighted by Gasteiger charge is 2.15. The van der Waals surface area contributed by atoms with Gasteiger partial charge >= 0.3 is 0 Å². The van der Waals surface area contributed by atoms with Crippen LogP contribution in [0.5, 0.6) is 0 Å². The molecule has 3 aromatic rings. The minimum Gasteiger partial charge on any atom is -0.331 e. The number of nitrogens with zero attached hydrogens (tertiary/aromatic N) is 1. The minimum atomic E-state index is -0.426. The predicted octanol–water partition coefficient (Wildman–Crippen LogP) is 4.13. The molecule has 1 N–H and O–H groups in total. The summed E-state index contributed by atoms with van der Waals surface area (Å²) in [4.78, 5) is 28.4. The SMILES string of the molecule is Cc1cc(C)cc(C(=O)n2c(=S)[nH]c3ccc(Br)cc3c2=O)c1. The van der Waals surface area contributed by atoms with Crippen LogP contribution < -0.4 is 5.56 Å². The van der Waals surface area contributed by atoms with Crippen molar-refractivity contribution in [2.45, 2.75) is 13.8 Å². The van der Waals surface area contributed by atoms with Crippen molar-refractivity contribution in [1.82, 2.24) is 9.55 Å². The van der Waals surface area contributed by atoms with Gasteiger partial charge in [0.05, 0.1) is 10.9 Å². The van der Waals surface area contributed by atoms with Crippen molar-refractivity contribution in [3.8, 4) is 0 Å². The molecule has 0 bridgehead atoms. The number of carbonyl (C=O) groups is 1. The molecule has 0 unspecified atom stereocenters. The van der Waals surface area contributed by atoms with Crippen LogP contribution in [0.1, 0.15) is 21.5 Å². The molecule has 0 aliphatic carbocycles. The maximum Gasteiger partial charge on any atom is 0.269 e. The Kier molecular flexibility index (Phi) is 4.04. The first-order valence-electron chi connectivity index (χ1n) is 6.94. The molecule has 0 saturated heterocycles. The highest BCUT2D eigenvalue weighted by Crippen LogP contribution is 2.16. The molecule has 2 aromatic carbocycles. The second-order valence-electron chi connectivity index (χ2n) is 5.44. The fourth-order valence-corrected chi connectivity index (χ4v) is 3.23. The van der Waals surface area contributed by atoms with Crippen molar-refractivity contribution >= 4 is 45.0 Å². The van der Waals surface area contributed by atoms with E-state index in [1.807, 2.05) is 26.0 Å². The van der Waals surface area contributed by atoms with Gasteiger partial charge in [-0.15, -0.1) is 0 Å². The third kappa shape index (κ3) is 2.92. The van der Waals surface area contributed by atoms with Gasteiger partial charge in [0.2, 0.25) is 0 Å². The molecule has 0 aliphatic heterocycles. The lowest BCUT2D eigenvalue weighted by molar-refractivity contribution is 0.0953. The Hall–Kier alpha value is -2.05. The van der Waals surface area contributed by atoms with E-state index < -0.39 is 11.5 Å². The van der Waals surface area contributed by atoms with E-state index in [2.05, 4.69) is 20.9 Å². The first-order chi connectivity index (χ1) is 10.9. The van der Waals surface area contributed by atoms with Crippen LogP contribution in [-0.4, -0.2) is 15.5 Å². The monoisotopic (exact) mass is 388 g/mol. The lowest BCUT2D eigenvalue weighted by Gasteiger charge is -2.09. The number of fused-ring (bicyclic) bond motifs is 1. The number of H-pyrrole nitrogens is 1. The number of rotatable bonds is 1. The van der Waals surface area contributed by atoms with Crippen molar-refractivity contribution in [1.29, 1.82) is 0 Å². The van der Waals surface area contributed by atoms with Gasteiger partial charge in [0.15, 0.2) is 4.77 Å². The molecule has 0 amide bonds. The molecule has 0 radical (unpaired) electrons. The van der Waals surface area contributed by atoms with Gasteiger partial charge in [-0.1, -0.05) is 33.1 Å². The summed E-state index contributed by atoms with van der Waals surface area (Å²) in [5.74, 6) is -0.426. The molecular weight excluding hydrogens is 376 g/mol. The highest BCUT2D eigenvalue weighted by atomic mass is 79.9. The number of benzene rings is 2. The molecule has 4 nitrogen and oxygen atoms in total. The summed E-state index contributed by atoms with van der Waals surface area (Å²) < 4.78 is 1.87. The van der Waals surface area contributed by atoms with Crippen LogP contribution >= 0.6 is 28.1 Å². The van der Waals surface area contributed by atoms with Crippen LogP contribution in [-0.2, 0) is 0 Å². The summed E-state index contributed by atoms with van der Waals surface area (Å²) in [5.41, 5.74) is 2.54. The largest absolute Gasteiger partial charge is 0.331 e. The number of halogens is 1. The Morgan fingerprint density at radius 3 is 2.43 bits per heavy atom. The lowest BCUT2D eigenvalue weighted by Crippen LogP contribution is -2.29. The van der Waals surface area contributed by atoms with Gasteiger partial charge in [-0.3, -0.25) is 9.59 Å². The number of aromatic amines is 1. The normalized spacial score (nSPS) is 10.9. The van der Waals surface area contributed by atoms with Crippen molar-refractivity contribution < 1.29 is 4.79 Å². The van der Waals surface area contributed by atoms with E-state index in [0.29, 0.717) is 16.5 Å². The average molecular weight is 389 g/mol. The third-order valence-electron chi connectivity index (χ3n) is 3.53. The summed E-state index contributed by atoms with van der Waals surface area (Å²) in [6, 6.07) is 10.7. The van der Waals surface area contributed by atoms with Crippen LogP contribution in [0.25, 0.3) is 10.9 Å². The van der Waals surface area contributed by atoms with Crippen molar-refractivity contribution in [2.24, 2.45) is 0 Å². The Morgan fingerprint density at radius 1 is 1.13 bits per heavy atom. The highest BCUT2D eigenvalue weighted by molar-refractivity contribution is 9.10. The third-order valence-corrected chi connectivity index (χ3v) is 4.31. The fraction of sp³-hybridized carbons (Fsp3) is 0.118. The van der Waals surface area contributed by atoms with E-state index in [1.165, 1.54) is 0 Å². The molecule has 6 heteroatoms. The van der Waals surface area contributed by atoms with Crippen molar-refractivity contribution in [2.75, 3.05) is 0 Å². The van der Waals surface area contributed by atoms with Crippen LogP contribution in [0.15, 0.2) is 45.7 Å². The van der Waals surface area contributed by atoms with Gasteiger partial charge in [-0.2, -0.15) is 0 Å². The Balaban J connectivity index is 2.29. The Bertz CT molecular complexity index is 1050. The molecule has 3 rings (SSSR count). The van der Waals surface area contributed by atoms with Gasteiger partial charge in [0.1, 0.15) is 0 Å². The molecule has 0 fully saturated rings. The quantitative estimate of drug-likeness (QED) is 0.637. The lowest BCUT2D eigenvalue weighted by atomic mass is 10.1. The molecule has 1 aromatic heterocycles. The van der Waals surface area contributed by atoms with Crippen LogP contribution in [0, 0.1) is 18.6 Å². The van der Waals surface area contributed by atoms with E-state index in [0.717, 1.165) is 20.2 Å². The summed E-state index contributed by atoms with van der Waals surface area (Å²) in [6.07, 6.45) is 0. The number of aryl methyl sites for hydroxylation is 2. The fourth-order valence-electron chi connectivity index (χ4n) is 2.60. The first-order valence-corrected chi connectivity index (χ1v) is 8.14. The van der Waals surface area contributed by atoms with Gasteiger partial charge in [0, 0.05) is 10.0 Å². The zero-order valence-electron chi connectivity index (χ0n) is 12.5. The zero-order chi connectivity index (χ0) is 16.7. The smallest absolute Gasteiger partial charge is 0.269 e. The molecule has 116 valence electrons. The topological polar surface area (TPSA) is 54.9 Å². The summed E-state index contributed by atoms with van der Waals surface area (Å²) in [5, 5.41) is 0.408. The molecule has 0 atom stereocenters. The van der Waals surface area contributed by atoms with E-state index in [4.69, 9.17) is 12.2 Å². The van der Waals surface area contributed by atoms with Crippen molar-refractivity contribution in [3.05, 3.63) is 72.7 Å². The minimum absolute atomic E-state index is 0.0916. The number of hydrogen-bond donors (Lipinski definition) is 1. The first kappa shape index (κ1) is 15.8. The summed E-state index contributed by atoms with van der Waals surface area (Å²) >= 11 is 8.55. The molecule has 0 aliphatic rings. The second kappa shape index (κ2) is 5.86. The Morgan fingerprint density at radius 2 is 1.78 bits per heavy atom. The van der Waals surface area contributed by atoms with Crippen LogP contribution in [0.3, 0.4) is 0 Å². The van der Waals surface area contributed by atoms with E-state index in [-0.39, 0.29) is 4.77 Å². The number of aromatic nitrogens is 2. The average Bonchev–Trinajstić information content (AvgIpc) is 2.47. The van der Waals surface area contributed by atoms with Crippen LogP contribution in [0.4, 0.5) is 0 Å². The van der Waals surface area contributed by atoms with Crippen molar-refractivity contribution in [3.63, 3.8) is 0 Å². The molecule has 1 heterocycles. The van der Waals surface area contributed by atoms with Gasteiger partial charge < -0.3 is 4.98 Å². The zero-order valence-corrected chi connectivity index (χ0v) is 14.9. The molecule has 23 heavy (non-hydrogen) atoms. The molecule has 0 saturated carbocycles. The molecular formula is C17H13BrN2O2S. The second-order valence-corrected chi connectivity index (χ2v) is 6.74. The van der Waals surface area contributed by atoms with E-state index >= 15 is 0 Å². The van der Waals surface area contributed by atoms with Gasteiger partial charge in [-0.25, -0.2) is 4.57 Å². The maximum atomic E-state index is 12.8.